The molecule has 0 aromatic heterocycles. The van der Waals surface area contributed by atoms with Crippen molar-refractivity contribution in [3.8, 4) is 0 Å². The van der Waals surface area contributed by atoms with Crippen LogP contribution in [-0.4, -0.2) is 24.8 Å². The first-order chi connectivity index (χ1) is 7.58. The van der Waals surface area contributed by atoms with Crippen LogP contribution < -0.4 is 10.6 Å². The lowest BCUT2D eigenvalue weighted by atomic mass is 10.2. The number of hydrogen-bond donors (Lipinski definition) is 2. The predicted molar refractivity (Wildman–Crippen MR) is 62.8 cm³/mol. The van der Waals surface area contributed by atoms with Crippen LogP contribution in [0.25, 0.3) is 0 Å². The zero-order valence-electron chi connectivity index (χ0n) is 10.0. The van der Waals surface area contributed by atoms with Gasteiger partial charge in [-0.3, -0.25) is 9.59 Å². The number of carbonyl (C=O) groups excluding carboxylic acids is 2. The van der Waals surface area contributed by atoms with Crippen LogP contribution in [0.5, 0.6) is 0 Å². The summed E-state index contributed by atoms with van der Waals surface area (Å²) >= 11 is 0. The zero-order chi connectivity index (χ0) is 12.0. The molecule has 0 fully saturated rings. The lowest BCUT2D eigenvalue weighted by molar-refractivity contribution is -0.121. The van der Waals surface area contributed by atoms with Gasteiger partial charge < -0.3 is 10.6 Å². The third-order valence-electron chi connectivity index (χ3n) is 2.39. The molecule has 16 heavy (non-hydrogen) atoms. The van der Waals surface area contributed by atoms with Gasteiger partial charge in [-0.1, -0.05) is 13.8 Å². The molecule has 0 aromatic rings. The van der Waals surface area contributed by atoms with Crippen LogP contribution >= 0.6 is 0 Å². The summed E-state index contributed by atoms with van der Waals surface area (Å²) in [7, 11) is 0. The predicted octanol–water partition coefficient (Wildman–Crippen LogP) is 0.985. The Hall–Kier alpha value is -1.32. The van der Waals surface area contributed by atoms with Gasteiger partial charge in [-0.25, -0.2) is 0 Å². The summed E-state index contributed by atoms with van der Waals surface area (Å²) in [5.74, 6) is 0.713. The van der Waals surface area contributed by atoms with Crippen LogP contribution in [0.4, 0.5) is 0 Å². The first-order valence-electron chi connectivity index (χ1n) is 5.82. The average Bonchev–Trinajstić information content (AvgIpc) is 2.61. The van der Waals surface area contributed by atoms with Crippen LogP contribution in [0.2, 0.25) is 0 Å². The van der Waals surface area contributed by atoms with Gasteiger partial charge in [0, 0.05) is 37.7 Å². The van der Waals surface area contributed by atoms with Gasteiger partial charge in [-0.2, -0.15) is 0 Å². The topological polar surface area (TPSA) is 58.2 Å². The maximum atomic E-state index is 11.3. The highest BCUT2D eigenvalue weighted by atomic mass is 16.1. The second-order valence-corrected chi connectivity index (χ2v) is 4.51. The van der Waals surface area contributed by atoms with Gasteiger partial charge in [0.2, 0.25) is 5.91 Å². The van der Waals surface area contributed by atoms with Gasteiger partial charge in [0.05, 0.1) is 0 Å². The largest absolute Gasteiger partial charge is 0.388 e. The summed E-state index contributed by atoms with van der Waals surface area (Å²) in [6.45, 7) is 5.45. The molecule has 1 aliphatic carbocycles. The Morgan fingerprint density at radius 3 is 2.75 bits per heavy atom. The SMILES string of the molecule is CC(C)CNC(=O)CCNC1=CC(=O)CC1. The van der Waals surface area contributed by atoms with Crippen molar-refractivity contribution in [2.75, 3.05) is 13.1 Å². The summed E-state index contributed by atoms with van der Waals surface area (Å²) < 4.78 is 0. The minimum Gasteiger partial charge on any atom is -0.388 e. The number of allylic oxidation sites excluding steroid dienone is 2. The molecule has 4 nitrogen and oxygen atoms in total. The van der Waals surface area contributed by atoms with E-state index in [0.717, 1.165) is 18.7 Å². The van der Waals surface area contributed by atoms with Crippen molar-refractivity contribution in [2.24, 2.45) is 5.92 Å². The number of amides is 1. The molecular formula is C12H20N2O2. The Labute approximate surface area is 96.5 Å². The van der Waals surface area contributed by atoms with Gasteiger partial charge in [-0.05, 0) is 12.3 Å². The minimum atomic E-state index is 0.0612. The van der Waals surface area contributed by atoms with Gasteiger partial charge in [-0.15, -0.1) is 0 Å². The van der Waals surface area contributed by atoms with Crippen molar-refractivity contribution in [1.29, 1.82) is 0 Å². The normalized spacial score (nSPS) is 15.2. The summed E-state index contributed by atoms with van der Waals surface area (Å²) in [5.41, 5.74) is 0.960. The lowest BCUT2D eigenvalue weighted by Gasteiger charge is -2.09. The monoisotopic (exact) mass is 224 g/mol. The van der Waals surface area contributed by atoms with Crippen molar-refractivity contribution >= 4 is 11.7 Å². The van der Waals surface area contributed by atoms with E-state index in [1.165, 1.54) is 0 Å². The van der Waals surface area contributed by atoms with Gasteiger partial charge in [0.1, 0.15) is 0 Å². The molecule has 0 aliphatic heterocycles. The minimum absolute atomic E-state index is 0.0612. The van der Waals surface area contributed by atoms with E-state index in [9.17, 15) is 9.59 Å². The average molecular weight is 224 g/mol. The maximum absolute atomic E-state index is 11.3. The molecule has 90 valence electrons. The first-order valence-corrected chi connectivity index (χ1v) is 5.82. The Kier molecular flexibility index (Phi) is 5.02. The third kappa shape index (κ3) is 4.96. The van der Waals surface area contributed by atoms with Crippen molar-refractivity contribution < 1.29 is 9.59 Å². The van der Waals surface area contributed by atoms with Crippen LogP contribution in [0.3, 0.4) is 0 Å². The fourth-order valence-electron chi connectivity index (χ4n) is 1.48. The number of carbonyl (C=O) groups is 2. The molecule has 0 heterocycles. The standard InChI is InChI=1S/C12H20N2O2/c1-9(2)8-14-12(16)5-6-13-10-3-4-11(15)7-10/h7,9,13H,3-6,8H2,1-2H3,(H,14,16). The molecule has 2 N–H and O–H groups in total. The van der Waals surface area contributed by atoms with E-state index >= 15 is 0 Å². The highest BCUT2D eigenvalue weighted by molar-refractivity contribution is 5.92. The number of nitrogens with one attached hydrogen (secondary N) is 2. The Balaban J connectivity index is 2.09. The Morgan fingerprint density at radius 2 is 2.19 bits per heavy atom. The molecule has 0 atom stereocenters. The van der Waals surface area contributed by atoms with E-state index in [4.69, 9.17) is 0 Å². The summed E-state index contributed by atoms with van der Waals surface area (Å²) in [4.78, 5) is 22.3. The Bertz CT molecular complexity index is 295. The molecule has 0 bridgehead atoms. The van der Waals surface area contributed by atoms with E-state index in [1.54, 1.807) is 6.08 Å². The quantitative estimate of drug-likeness (QED) is 0.707. The van der Waals surface area contributed by atoms with E-state index in [0.29, 0.717) is 25.3 Å². The number of hydrogen-bond acceptors (Lipinski definition) is 3. The van der Waals surface area contributed by atoms with Crippen LogP contribution in [0.15, 0.2) is 11.8 Å². The molecule has 0 saturated carbocycles. The molecule has 1 aliphatic rings. The van der Waals surface area contributed by atoms with Gasteiger partial charge >= 0.3 is 0 Å². The van der Waals surface area contributed by atoms with E-state index < -0.39 is 0 Å². The molecule has 4 heteroatoms. The maximum Gasteiger partial charge on any atom is 0.221 e. The van der Waals surface area contributed by atoms with Crippen LogP contribution in [-0.2, 0) is 9.59 Å². The van der Waals surface area contributed by atoms with E-state index in [-0.39, 0.29) is 11.7 Å². The molecule has 1 rings (SSSR count). The van der Waals surface area contributed by atoms with Crippen molar-refractivity contribution in [1.82, 2.24) is 10.6 Å². The second kappa shape index (κ2) is 6.30. The smallest absolute Gasteiger partial charge is 0.221 e. The fourth-order valence-corrected chi connectivity index (χ4v) is 1.48. The van der Waals surface area contributed by atoms with Gasteiger partial charge in [0.15, 0.2) is 5.78 Å². The first kappa shape index (κ1) is 12.7. The van der Waals surface area contributed by atoms with Crippen molar-refractivity contribution in [3.05, 3.63) is 11.8 Å². The third-order valence-corrected chi connectivity index (χ3v) is 2.39. The summed E-state index contributed by atoms with van der Waals surface area (Å²) in [6, 6.07) is 0. The Morgan fingerprint density at radius 1 is 1.44 bits per heavy atom. The number of ketones is 1. The van der Waals surface area contributed by atoms with Crippen molar-refractivity contribution in [2.45, 2.75) is 33.1 Å². The van der Waals surface area contributed by atoms with E-state index in [2.05, 4.69) is 24.5 Å². The molecule has 0 unspecified atom stereocenters. The molecule has 0 aromatic carbocycles. The molecule has 0 saturated heterocycles. The number of rotatable bonds is 6. The molecular weight excluding hydrogens is 204 g/mol. The molecule has 0 radical (unpaired) electrons. The van der Waals surface area contributed by atoms with E-state index in [1.807, 2.05) is 0 Å². The fraction of sp³-hybridized carbons (Fsp3) is 0.667. The second-order valence-electron chi connectivity index (χ2n) is 4.51. The summed E-state index contributed by atoms with van der Waals surface area (Å²) in [6.07, 6.45) is 3.47. The highest BCUT2D eigenvalue weighted by Crippen LogP contribution is 2.11. The zero-order valence-corrected chi connectivity index (χ0v) is 10.0. The molecule has 0 spiro atoms. The van der Waals surface area contributed by atoms with Crippen LogP contribution in [0.1, 0.15) is 33.1 Å². The highest BCUT2D eigenvalue weighted by Gasteiger charge is 2.11. The van der Waals surface area contributed by atoms with Gasteiger partial charge in [0.25, 0.3) is 0 Å². The summed E-state index contributed by atoms with van der Waals surface area (Å²) in [5, 5.41) is 5.96. The van der Waals surface area contributed by atoms with Crippen molar-refractivity contribution in [3.63, 3.8) is 0 Å². The molecule has 1 amide bonds. The lowest BCUT2D eigenvalue weighted by Crippen LogP contribution is -2.30. The van der Waals surface area contributed by atoms with Crippen LogP contribution in [0, 0.1) is 5.92 Å².